The zero-order valence-corrected chi connectivity index (χ0v) is 20.0. The minimum Gasteiger partial charge on any atom is -0.504 e. The van der Waals surface area contributed by atoms with Crippen molar-refractivity contribution in [2.75, 3.05) is 49.8 Å². The second kappa shape index (κ2) is 8.95. The first-order valence-corrected chi connectivity index (χ1v) is 12.2. The smallest absolute Gasteiger partial charge is 0.173 e. The SMILES string of the molecule is COc1cc2c(cc1O)[nH]c1ncnc(N3CCN(C(=S)Nc4ccc(SC)cc4)CC3)c12. The van der Waals surface area contributed by atoms with Crippen LogP contribution >= 0.6 is 24.0 Å². The van der Waals surface area contributed by atoms with Gasteiger partial charge in [-0.15, -0.1) is 11.8 Å². The molecule has 5 rings (SSSR count). The molecule has 0 atom stereocenters. The number of nitrogens with one attached hydrogen (secondary N) is 2. The van der Waals surface area contributed by atoms with Gasteiger partial charge in [0.25, 0.3) is 0 Å². The number of fused-ring (bicyclic) bond motifs is 3. The molecule has 33 heavy (non-hydrogen) atoms. The summed E-state index contributed by atoms with van der Waals surface area (Å²) >= 11 is 7.38. The number of phenolic OH excluding ortho intramolecular Hbond substituents is 1. The van der Waals surface area contributed by atoms with Gasteiger partial charge >= 0.3 is 0 Å². The maximum absolute atomic E-state index is 10.1. The fraction of sp³-hybridized carbons (Fsp3) is 0.261. The number of methoxy groups -OCH3 is 1. The normalized spacial score (nSPS) is 14.1. The van der Waals surface area contributed by atoms with Crippen molar-refractivity contribution < 1.29 is 9.84 Å². The van der Waals surface area contributed by atoms with Crippen LogP contribution in [0.15, 0.2) is 47.6 Å². The van der Waals surface area contributed by atoms with Crippen molar-refractivity contribution in [3.63, 3.8) is 0 Å². The molecule has 2 aromatic heterocycles. The number of thioether (sulfide) groups is 1. The Morgan fingerprint density at radius 3 is 2.61 bits per heavy atom. The highest BCUT2D eigenvalue weighted by molar-refractivity contribution is 7.98. The van der Waals surface area contributed by atoms with Gasteiger partial charge in [0.15, 0.2) is 16.6 Å². The van der Waals surface area contributed by atoms with Gasteiger partial charge in [-0.05, 0) is 48.8 Å². The number of aromatic hydroxyl groups is 1. The maximum Gasteiger partial charge on any atom is 0.173 e. The Hall–Kier alpha value is -3.24. The quantitative estimate of drug-likeness (QED) is 0.295. The lowest BCUT2D eigenvalue weighted by Gasteiger charge is -2.37. The fourth-order valence-corrected chi connectivity index (χ4v) is 4.84. The second-order valence-corrected chi connectivity index (χ2v) is 9.01. The molecule has 170 valence electrons. The molecule has 3 N–H and O–H groups in total. The molecule has 4 aromatic rings. The molecule has 0 unspecified atom stereocenters. The predicted octanol–water partition coefficient (Wildman–Crippen LogP) is 4.07. The molecular weight excluding hydrogens is 456 g/mol. The third kappa shape index (κ3) is 4.11. The molecule has 1 fully saturated rings. The number of hydrogen-bond donors (Lipinski definition) is 3. The number of benzene rings is 2. The first-order valence-electron chi connectivity index (χ1n) is 10.6. The molecule has 0 saturated carbocycles. The van der Waals surface area contributed by atoms with E-state index >= 15 is 0 Å². The van der Waals surface area contributed by atoms with Gasteiger partial charge in [-0.25, -0.2) is 9.97 Å². The van der Waals surface area contributed by atoms with Crippen LogP contribution in [0.2, 0.25) is 0 Å². The molecular formula is C23H24N6O2S2. The molecule has 0 bridgehead atoms. The minimum absolute atomic E-state index is 0.0868. The average Bonchev–Trinajstić information content (AvgIpc) is 3.21. The number of aromatic amines is 1. The molecule has 1 aliphatic rings. The molecule has 0 radical (unpaired) electrons. The molecule has 1 aliphatic heterocycles. The Bertz CT molecular complexity index is 1320. The van der Waals surface area contributed by atoms with E-state index in [1.165, 1.54) is 4.90 Å². The van der Waals surface area contributed by atoms with Gasteiger partial charge in [0, 0.05) is 48.2 Å². The van der Waals surface area contributed by atoms with E-state index in [9.17, 15) is 5.11 Å². The number of aromatic nitrogens is 3. The molecule has 3 heterocycles. The summed E-state index contributed by atoms with van der Waals surface area (Å²) in [5.74, 6) is 1.37. The number of hydrogen-bond acceptors (Lipinski definition) is 7. The summed E-state index contributed by atoms with van der Waals surface area (Å²) in [4.78, 5) is 17.9. The van der Waals surface area contributed by atoms with Crippen molar-refractivity contribution in [1.29, 1.82) is 0 Å². The highest BCUT2D eigenvalue weighted by Gasteiger charge is 2.23. The van der Waals surface area contributed by atoms with Crippen molar-refractivity contribution in [2.24, 2.45) is 0 Å². The van der Waals surface area contributed by atoms with Crippen LogP contribution in [0.5, 0.6) is 11.5 Å². The number of nitrogens with zero attached hydrogens (tertiary/aromatic N) is 4. The summed E-state index contributed by atoms with van der Waals surface area (Å²) in [6.07, 6.45) is 3.63. The Balaban J connectivity index is 1.34. The molecule has 10 heteroatoms. The average molecular weight is 481 g/mol. The summed E-state index contributed by atoms with van der Waals surface area (Å²) in [5, 5.41) is 16.1. The number of piperazine rings is 1. The van der Waals surface area contributed by atoms with Gasteiger partial charge in [0.05, 0.1) is 18.0 Å². The Morgan fingerprint density at radius 1 is 1.15 bits per heavy atom. The van der Waals surface area contributed by atoms with E-state index in [0.29, 0.717) is 5.75 Å². The van der Waals surface area contributed by atoms with Crippen LogP contribution in [0.4, 0.5) is 11.5 Å². The first kappa shape index (κ1) is 21.6. The molecule has 2 aromatic carbocycles. The zero-order chi connectivity index (χ0) is 22.9. The van der Waals surface area contributed by atoms with Crippen LogP contribution in [-0.4, -0.2) is 69.6 Å². The summed E-state index contributed by atoms with van der Waals surface area (Å²) in [6.45, 7) is 3.13. The number of phenols is 1. The van der Waals surface area contributed by atoms with Crippen LogP contribution in [0, 0.1) is 0 Å². The van der Waals surface area contributed by atoms with Gasteiger partial charge < -0.3 is 29.9 Å². The van der Waals surface area contributed by atoms with Crippen molar-refractivity contribution in [2.45, 2.75) is 4.90 Å². The van der Waals surface area contributed by atoms with E-state index in [0.717, 1.165) is 64.7 Å². The molecule has 1 saturated heterocycles. The summed E-state index contributed by atoms with van der Waals surface area (Å²) in [5.41, 5.74) is 2.52. The van der Waals surface area contributed by atoms with Gasteiger partial charge in [-0.3, -0.25) is 0 Å². The van der Waals surface area contributed by atoms with Crippen LogP contribution in [-0.2, 0) is 0 Å². The first-order chi connectivity index (χ1) is 16.1. The standard InChI is InChI=1S/C23H24N6O2S2/c1-31-19-11-16-17(12-18(19)30)27-21-20(16)22(25-13-24-21)28-7-9-29(10-8-28)23(32)26-14-3-5-15(33-2)6-4-14/h3-6,11-13,30H,7-10H2,1-2H3,(H,26,32)(H,24,25,27). The highest BCUT2D eigenvalue weighted by Crippen LogP contribution is 2.37. The minimum atomic E-state index is 0.0868. The number of H-pyrrole nitrogens is 1. The van der Waals surface area contributed by atoms with E-state index in [1.54, 1.807) is 31.3 Å². The van der Waals surface area contributed by atoms with Crippen molar-refractivity contribution in [3.05, 3.63) is 42.7 Å². The number of ether oxygens (including phenoxy) is 1. The Kier molecular flexibility index (Phi) is 5.86. The van der Waals surface area contributed by atoms with Gasteiger partial charge in [-0.2, -0.15) is 0 Å². The lowest BCUT2D eigenvalue weighted by Crippen LogP contribution is -2.50. The van der Waals surface area contributed by atoms with E-state index < -0.39 is 0 Å². The van der Waals surface area contributed by atoms with E-state index in [4.69, 9.17) is 17.0 Å². The molecule has 0 amide bonds. The summed E-state index contributed by atoms with van der Waals surface area (Å²) in [7, 11) is 1.54. The summed E-state index contributed by atoms with van der Waals surface area (Å²) < 4.78 is 5.31. The van der Waals surface area contributed by atoms with E-state index in [-0.39, 0.29) is 5.75 Å². The van der Waals surface area contributed by atoms with Crippen LogP contribution in [0.1, 0.15) is 0 Å². The highest BCUT2D eigenvalue weighted by atomic mass is 32.2. The fourth-order valence-electron chi connectivity index (χ4n) is 4.13. The van der Waals surface area contributed by atoms with Gasteiger partial charge in [0.1, 0.15) is 17.8 Å². The maximum atomic E-state index is 10.1. The van der Waals surface area contributed by atoms with Crippen LogP contribution in [0.3, 0.4) is 0 Å². The number of anilines is 2. The predicted molar refractivity (Wildman–Crippen MR) is 138 cm³/mol. The number of rotatable bonds is 4. The Labute approximate surface area is 201 Å². The van der Waals surface area contributed by atoms with E-state index in [2.05, 4.69) is 60.6 Å². The molecule has 0 aliphatic carbocycles. The van der Waals surface area contributed by atoms with Crippen LogP contribution in [0.25, 0.3) is 21.9 Å². The van der Waals surface area contributed by atoms with Gasteiger partial charge in [-0.1, -0.05) is 0 Å². The van der Waals surface area contributed by atoms with Crippen molar-refractivity contribution in [3.8, 4) is 11.5 Å². The largest absolute Gasteiger partial charge is 0.504 e. The van der Waals surface area contributed by atoms with Gasteiger partial charge in [0.2, 0.25) is 0 Å². The van der Waals surface area contributed by atoms with E-state index in [1.807, 2.05) is 6.07 Å². The van der Waals surface area contributed by atoms with Crippen molar-refractivity contribution in [1.82, 2.24) is 19.9 Å². The lowest BCUT2D eigenvalue weighted by molar-refractivity contribution is 0.374. The lowest BCUT2D eigenvalue weighted by atomic mass is 10.1. The third-order valence-corrected chi connectivity index (χ3v) is 6.98. The third-order valence-electron chi connectivity index (χ3n) is 5.88. The Morgan fingerprint density at radius 2 is 1.91 bits per heavy atom. The topological polar surface area (TPSA) is 89.5 Å². The number of thiocarbonyl (C=S) groups is 1. The second-order valence-electron chi connectivity index (χ2n) is 7.75. The van der Waals surface area contributed by atoms with Crippen LogP contribution < -0.4 is 15.0 Å². The molecule has 0 spiro atoms. The zero-order valence-electron chi connectivity index (χ0n) is 18.3. The summed E-state index contributed by atoms with van der Waals surface area (Å²) in [6, 6.07) is 11.8. The molecule has 8 nitrogen and oxygen atoms in total. The van der Waals surface area contributed by atoms with Crippen molar-refractivity contribution >= 4 is 62.5 Å². The monoisotopic (exact) mass is 480 g/mol.